The number of anilines is 1. The van der Waals surface area contributed by atoms with Gasteiger partial charge in [-0.05, 0) is 94.4 Å². The smallest absolute Gasteiger partial charge is 0.325 e. The van der Waals surface area contributed by atoms with Crippen LogP contribution in [0.15, 0.2) is 18.2 Å². The van der Waals surface area contributed by atoms with E-state index in [0.29, 0.717) is 11.8 Å². The molecule has 1 fully saturated rings. The average molecular weight is 514 g/mol. The van der Waals surface area contributed by atoms with Gasteiger partial charge in [0, 0.05) is 13.1 Å². The first kappa shape index (κ1) is 29.4. The molecule has 208 valence electrons. The number of nitrogens with zero attached hydrogens (tertiary/aromatic N) is 4. The van der Waals surface area contributed by atoms with Crippen LogP contribution in [0.25, 0.3) is 11.0 Å². The van der Waals surface area contributed by atoms with Crippen molar-refractivity contribution >= 4 is 23.0 Å². The van der Waals surface area contributed by atoms with Crippen LogP contribution < -0.4 is 5.32 Å². The van der Waals surface area contributed by atoms with E-state index in [9.17, 15) is 4.79 Å². The Hall–Kier alpha value is -2.12. The summed E-state index contributed by atoms with van der Waals surface area (Å²) in [7, 11) is 1.42. The molecule has 1 N–H and O–H groups in total. The summed E-state index contributed by atoms with van der Waals surface area (Å²) in [5, 5.41) is 3.23. The maximum Gasteiger partial charge on any atom is 0.325 e. The first-order chi connectivity index (χ1) is 17.9. The van der Waals surface area contributed by atoms with Crippen LogP contribution in [0.4, 0.5) is 5.95 Å². The zero-order chi connectivity index (χ0) is 26.6. The zero-order valence-corrected chi connectivity index (χ0v) is 24.1. The summed E-state index contributed by atoms with van der Waals surface area (Å²) in [5.41, 5.74) is 3.45. The van der Waals surface area contributed by atoms with Gasteiger partial charge in [0.15, 0.2) is 0 Å². The molecule has 3 rings (SSSR count). The van der Waals surface area contributed by atoms with Crippen molar-refractivity contribution in [2.45, 2.75) is 85.7 Å². The number of nitrogens with one attached hydrogen (secondary N) is 1. The van der Waals surface area contributed by atoms with Crippen LogP contribution in [0, 0.1) is 11.8 Å². The third-order valence-electron chi connectivity index (χ3n) is 7.44. The van der Waals surface area contributed by atoms with Crippen LogP contribution in [0.3, 0.4) is 0 Å². The largest absolute Gasteiger partial charge is 0.468 e. The van der Waals surface area contributed by atoms with Gasteiger partial charge in [-0.25, -0.2) is 4.98 Å². The minimum atomic E-state index is -0.283. The topological polar surface area (TPSA) is 62.6 Å². The molecule has 1 saturated heterocycles. The Morgan fingerprint density at radius 2 is 1.70 bits per heavy atom. The van der Waals surface area contributed by atoms with Crippen molar-refractivity contribution in [2.75, 3.05) is 51.7 Å². The third-order valence-corrected chi connectivity index (χ3v) is 7.44. The van der Waals surface area contributed by atoms with Crippen molar-refractivity contribution < 1.29 is 9.53 Å². The Bertz CT molecular complexity index is 935. The van der Waals surface area contributed by atoms with E-state index in [4.69, 9.17) is 9.72 Å². The van der Waals surface area contributed by atoms with Gasteiger partial charge in [0.25, 0.3) is 0 Å². The van der Waals surface area contributed by atoms with Gasteiger partial charge in [0.1, 0.15) is 6.54 Å². The number of likely N-dealkylation sites (tertiary alicyclic amines) is 1. The summed E-state index contributed by atoms with van der Waals surface area (Å²) in [6.07, 6.45) is 8.85. The van der Waals surface area contributed by atoms with E-state index >= 15 is 0 Å². The molecule has 0 unspecified atom stereocenters. The number of ether oxygens (including phenoxy) is 1. The highest BCUT2D eigenvalue weighted by Crippen LogP contribution is 2.23. The molecule has 7 heteroatoms. The van der Waals surface area contributed by atoms with E-state index in [1.54, 1.807) is 0 Å². The fourth-order valence-electron chi connectivity index (χ4n) is 5.07. The minimum absolute atomic E-state index is 0.122. The molecule has 37 heavy (non-hydrogen) atoms. The maximum absolute atomic E-state index is 11.8. The monoisotopic (exact) mass is 513 g/mol. The predicted molar refractivity (Wildman–Crippen MR) is 154 cm³/mol. The Morgan fingerprint density at radius 3 is 2.32 bits per heavy atom. The van der Waals surface area contributed by atoms with E-state index in [-0.39, 0.29) is 12.5 Å². The summed E-state index contributed by atoms with van der Waals surface area (Å²) < 4.78 is 7.12. The summed E-state index contributed by atoms with van der Waals surface area (Å²) in [5.74, 6) is 1.89. The Kier molecular flexibility index (Phi) is 12.2. The normalized spacial score (nSPS) is 15.1. The molecule has 1 aromatic heterocycles. The first-order valence-corrected chi connectivity index (χ1v) is 14.6. The molecular formula is C30H51N5O2. The maximum atomic E-state index is 11.8. The van der Waals surface area contributed by atoms with Gasteiger partial charge in [-0.15, -0.1) is 0 Å². The molecule has 0 spiro atoms. The summed E-state index contributed by atoms with van der Waals surface area (Å²) >= 11 is 0. The highest BCUT2D eigenvalue weighted by Gasteiger charge is 2.16. The second-order valence-corrected chi connectivity index (χ2v) is 11.6. The second kappa shape index (κ2) is 15.3. The minimum Gasteiger partial charge on any atom is -0.468 e. The van der Waals surface area contributed by atoms with Crippen molar-refractivity contribution in [1.82, 2.24) is 19.4 Å². The van der Waals surface area contributed by atoms with Crippen molar-refractivity contribution in [3.05, 3.63) is 23.8 Å². The van der Waals surface area contributed by atoms with Crippen molar-refractivity contribution in [1.29, 1.82) is 0 Å². The molecule has 0 amide bonds. The lowest BCUT2D eigenvalue weighted by Gasteiger charge is -2.24. The van der Waals surface area contributed by atoms with Gasteiger partial charge in [-0.2, -0.15) is 0 Å². The molecule has 2 heterocycles. The van der Waals surface area contributed by atoms with Gasteiger partial charge in [0.05, 0.1) is 18.1 Å². The number of rotatable bonds is 15. The summed E-state index contributed by atoms with van der Waals surface area (Å²) in [6, 6.07) is 6.68. The SMILES string of the molecule is COC(=O)CNc1nc2ccc(CN(CCC(C)C)CCC(C)C)cc2n1CCCN1CCCCCC1. The molecule has 1 aromatic carbocycles. The highest BCUT2D eigenvalue weighted by atomic mass is 16.5. The van der Waals surface area contributed by atoms with E-state index in [0.717, 1.165) is 56.1 Å². The molecule has 0 atom stereocenters. The first-order valence-electron chi connectivity index (χ1n) is 14.6. The third kappa shape index (κ3) is 9.93. The summed E-state index contributed by atoms with van der Waals surface area (Å²) in [6.45, 7) is 17.0. The van der Waals surface area contributed by atoms with Crippen LogP contribution in [-0.2, 0) is 22.6 Å². The van der Waals surface area contributed by atoms with Crippen LogP contribution in [-0.4, -0.2) is 71.7 Å². The van der Waals surface area contributed by atoms with Crippen LogP contribution >= 0.6 is 0 Å². The Morgan fingerprint density at radius 1 is 1.03 bits per heavy atom. The molecular weight excluding hydrogens is 462 g/mol. The molecule has 0 bridgehead atoms. The molecule has 0 aliphatic carbocycles. The second-order valence-electron chi connectivity index (χ2n) is 11.6. The zero-order valence-electron chi connectivity index (χ0n) is 24.1. The number of methoxy groups -OCH3 is 1. The van der Waals surface area contributed by atoms with Crippen molar-refractivity contribution in [3.8, 4) is 0 Å². The van der Waals surface area contributed by atoms with Crippen LogP contribution in [0.2, 0.25) is 0 Å². The lowest BCUT2D eigenvalue weighted by molar-refractivity contribution is -0.138. The highest BCUT2D eigenvalue weighted by molar-refractivity contribution is 5.81. The quantitative estimate of drug-likeness (QED) is 0.305. The number of benzene rings is 1. The number of fused-ring (bicyclic) bond motifs is 1. The van der Waals surface area contributed by atoms with Crippen LogP contribution in [0.5, 0.6) is 0 Å². The number of esters is 1. The molecule has 1 aliphatic heterocycles. The summed E-state index contributed by atoms with van der Waals surface area (Å²) in [4.78, 5) is 21.9. The lowest BCUT2D eigenvalue weighted by atomic mass is 10.1. The molecule has 0 saturated carbocycles. The Labute approximate surface area is 224 Å². The molecule has 1 aliphatic rings. The van der Waals surface area contributed by atoms with Crippen molar-refractivity contribution in [2.24, 2.45) is 11.8 Å². The number of carbonyl (C=O) groups excluding carboxylic acids is 1. The fraction of sp³-hybridized carbons (Fsp3) is 0.733. The fourth-order valence-corrected chi connectivity index (χ4v) is 5.07. The predicted octanol–water partition coefficient (Wildman–Crippen LogP) is 5.78. The van der Waals surface area contributed by atoms with E-state index in [1.807, 2.05) is 0 Å². The van der Waals surface area contributed by atoms with Gasteiger partial charge < -0.3 is 19.5 Å². The number of carbonyl (C=O) groups is 1. The molecule has 0 radical (unpaired) electrons. The van der Waals surface area contributed by atoms with E-state index in [1.165, 1.54) is 64.3 Å². The van der Waals surface area contributed by atoms with Crippen molar-refractivity contribution in [3.63, 3.8) is 0 Å². The molecule has 2 aromatic rings. The molecule has 7 nitrogen and oxygen atoms in total. The van der Waals surface area contributed by atoms with Gasteiger partial charge >= 0.3 is 5.97 Å². The Balaban J connectivity index is 1.78. The number of hydrogen-bond acceptors (Lipinski definition) is 6. The number of aromatic nitrogens is 2. The average Bonchev–Trinajstić information content (AvgIpc) is 3.02. The van der Waals surface area contributed by atoms with Gasteiger partial charge in [-0.1, -0.05) is 46.6 Å². The number of imidazole rings is 1. The van der Waals surface area contributed by atoms with E-state index < -0.39 is 0 Å². The van der Waals surface area contributed by atoms with Crippen LogP contribution in [0.1, 0.15) is 78.2 Å². The van der Waals surface area contributed by atoms with Gasteiger partial charge in [-0.3, -0.25) is 9.69 Å². The standard InChI is InChI=1S/C30H51N5O2/c1-24(2)13-19-34(20-14-25(3)4)23-26-11-12-27-28(21-26)35(30(32-27)31-22-29(36)37-5)18-10-17-33-15-8-6-7-9-16-33/h11-12,21,24-25H,6-10,13-20,22-23H2,1-5H3,(H,31,32). The number of aryl methyl sites for hydroxylation is 1. The van der Waals surface area contributed by atoms with Gasteiger partial charge in [0.2, 0.25) is 5.95 Å². The lowest BCUT2D eigenvalue weighted by Crippen LogP contribution is -2.27. The van der Waals surface area contributed by atoms with E-state index in [2.05, 4.69) is 65.6 Å². The number of hydrogen-bond donors (Lipinski definition) is 1.